The summed E-state index contributed by atoms with van der Waals surface area (Å²) in [7, 11) is 3.74. The topological polar surface area (TPSA) is 101 Å². The van der Waals surface area contributed by atoms with Crippen LogP contribution in [0.4, 0.5) is 5.69 Å². The van der Waals surface area contributed by atoms with Gasteiger partial charge in [0, 0.05) is 43.4 Å². The molecule has 9 heteroatoms. The second-order valence-corrected chi connectivity index (χ2v) is 12.4. The molecular weight excluding hydrogens is 582 g/mol. The van der Waals surface area contributed by atoms with Crippen LogP contribution in [0.2, 0.25) is 0 Å². The third kappa shape index (κ3) is 9.79. The number of benzene rings is 3. The molecule has 3 aromatic carbocycles. The van der Waals surface area contributed by atoms with Crippen LogP contribution in [0.3, 0.4) is 0 Å². The normalized spacial score (nSPS) is 20.3. The molecule has 9 nitrogen and oxygen atoms in total. The molecule has 248 valence electrons. The van der Waals surface area contributed by atoms with Crippen LogP contribution < -0.4 is 14.8 Å². The lowest BCUT2D eigenvalue weighted by Crippen LogP contribution is -2.47. The summed E-state index contributed by atoms with van der Waals surface area (Å²) in [5, 5.41) is 13.2. The Morgan fingerprint density at radius 1 is 1.09 bits per heavy atom. The summed E-state index contributed by atoms with van der Waals surface area (Å²) in [6.45, 7) is 8.14. The number of ether oxygens (including phenoxy) is 3. The number of hydrogen-bond acceptors (Lipinski definition) is 7. The van der Waals surface area contributed by atoms with Crippen molar-refractivity contribution in [1.82, 2.24) is 9.80 Å². The number of methoxy groups -OCH3 is 1. The summed E-state index contributed by atoms with van der Waals surface area (Å²) in [5.74, 6) is 0.708. The van der Waals surface area contributed by atoms with Crippen molar-refractivity contribution < 1.29 is 28.9 Å². The van der Waals surface area contributed by atoms with Crippen molar-refractivity contribution >= 4 is 17.5 Å². The van der Waals surface area contributed by atoms with Gasteiger partial charge in [-0.05, 0) is 88.2 Å². The van der Waals surface area contributed by atoms with E-state index in [0.29, 0.717) is 42.3 Å². The molecule has 2 N–H and O–H groups in total. The van der Waals surface area contributed by atoms with Gasteiger partial charge in [-0.2, -0.15) is 0 Å². The summed E-state index contributed by atoms with van der Waals surface area (Å²) in [6.07, 6.45) is 2.35. The molecule has 1 aliphatic rings. The van der Waals surface area contributed by atoms with E-state index in [1.165, 1.54) is 5.56 Å². The number of carbonyl (C=O) groups excluding carboxylic acids is 2. The molecule has 0 saturated heterocycles. The van der Waals surface area contributed by atoms with Crippen LogP contribution in [0.15, 0.2) is 72.8 Å². The Bertz CT molecular complexity index is 1400. The van der Waals surface area contributed by atoms with E-state index < -0.39 is 6.04 Å². The van der Waals surface area contributed by atoms with E-state index in [1.807, 2.05) is 32.0 Å². The highest BCUT2D eigenvalue weighted by atomic mass is 16.5. The largest absolute Gasteiger partial charge is 0.497 e. The minimum atomic E-state index is -0.451. The van der Waals surface area contributed by atoms with Gasteiger partial charge in [0.15, 0.2) is 0 Å². The molecule has 0 saturated carbocycles. The highest BCUT2D eigenvalue weighted by Gasteiger charge is 2.30. The van der Waals surface area contributed by atoms with Crippen LogP contribution in [-0.4, -0.2) is 85.4 Å². The number of likely N-dealkylation sites (N-methyl/N-ethyl adjacent to an activating group) is 1. The van der Waals surface area contributed by atoms with Crippen molar-refractivity contribution in [2.75, 3.05) is 45.8 Å². The highest BCUT2D eigenvalue weighted by molar-refractivity contribution is 6.05. The maximum Gasteiger partial charge on any atom is 0.258 e. The van der Waals surface area contributed by atoms with Crippen molar-refractivity contribution in [3.63, 3.8) is 0 Å². The zero-order valence-corrected chi connectivity index (χ0v) is 27.8. The SMILES string of the molecule is COc1ccc(CN(C)C[C@H]2OCCCC[C@H](C)Oc3ccc(NC(=O)c4ccccc4)cc3C(=O)N([C@H](C)CO)C[C@H]2C)cc1. The summed E-state index contributed by atoms with van der Waals surface area (Å²) < 4.78 is 18.1. The number of rotatable bonds is 9. The average Bonchev–Trinajstić information content (AvgIpc) is 3.06. The van der Waals surface area contributed by atoms with E-state index >= 15 is 0 Å². The maximum absolute atomic E-state index is 14.4. The lowest BCUT2D eigenvalue weighted by Gasteiger charge is -2.36. The molecule has 0 aromatic heterocycles. The molecule has 1 aliphatic heterocycles. The average molecular weight is 632 g/mol. The van der Waals surface area contributed by atoms with Crippen LogP contribution in [0, 0.1) is 5.92 Å². The van der Waals surface area contributed by atoms with Gasteiger partial charge in [0.2, 0.25) is 0 Å². The van der Waals surface area contributed by atoms with Crippen LogP contribution in [-0.2, 0) is 11.3 Å². The van der Waals surface area contributed by atoms with Crippen molar-refractivity contribution in [3.8, 4) is 11.5 Å². The molecule has 0 aliphatic carbocycles. The van der Waals surface area contributed by atoms with Gasteiger partial charge < -0.3 is 29.5 Å². The first kappa shape index (κ1) is 34.9. The number of nitrogens with one attached hydrogen (secondary N) is 1. The van der Waals surface area contributed by atoms with Gasteiger partial charge in [-0.1, -0.05) is 37.3 Å². The third-order valence-electron chi connectivity index (χ3n) is 8.45. The summed E-state index contributed by atoms with van der Waals surface area (Å²) >= 11 is 0. The minimum Gasteiger partial charge on any atom is -0.497 e. The fraction of sp³-hybridized carbons (Fsp3) is 0.459. The van der Waals surface area contributed by atoms with Crippen LogP contribution in [0.25, 0.3) is 0 Å². The Hall–Kier alpha value is -3.92. The van der Waals surface area contributed by atoms with E-state index in [1.54, 1.807) is 54.5 Å². The summed E-state index contributed by atoms with van der Waals surface area (Å²) in [4.78, 5) is 31.2. The molecule has 3 aromatic rings. The fourth-order valence-electron chi connectivity index (χ4n) is 5.67. The first-order valence-electron chi connectivity index (χ1n) is 16.2. The van der Waals surface area contributed by atoms with Crippen molar-refractivity contribution in [1.29, 1.82) is 0 Å². The Balaban J connectivity index is 1.59. The fourth-order valence-corrected chi connectivity index (χ4v) is 5.67. The number of aliphatic hydroxyl groups excluding tert-OH is 1. The van der Waals surface area contributed by atoms with E-state index in [4.69, 9.17) is 14.2 Å². The molecule has 0 radical (unpaired) electrons. The van der Waals surface area contributed by atoms with E-state index in [2.05, 4.69) is 36.3 Å². The Kier molecular flexibility index (Phi) is 13.0. The smallest absolute Gasteiger partial charge is 0.258 e. The van der Waals surface area contributed by atoms with Gasteiger partial charge in [0.1, 0.15) is 11.5 Å². The third-order valence-corrected chi connectivity index (χ3v) is 8.45. The van der Waals surface area contributed by atoms with Gasteiger partial charge in [0.05, 0.1) is 37.5 Å². The minimum absolute atomic E-state index is 0.0385. The number of anilines is 1. The van der Waals surface area contributed by atoms with Crippen molar-refractivity contribution in [3.05, 3.63) is 89.5 Å². The van der Waals surface area contributed by atoms with Crippen molar-refractivity contribution in [2.45, 2.75) is 64.8 Å². The first-order chi connectivity index (χ1) is 22.2. The summed E-state index contributed by atoms with van der Waals surface area (Å²) in [6, 6.07) is 21.7. The number of aliphatic hydroxyl groups is 1. The number of amides is 2. The highest BCUT2D eigenvalue weighted by Crippen LogP contribution is 2.29. The van der Waals surface area contributed by atoms with Gasteiger partial charge in [-0.3, -0.25) is 14.5 Å². The lowest BCUT2D eigenvalue weighted by molar-refractivity contribution is -0.0177. The van der Waals surface area contributed by atoms with Gasteiger partial charge in [-0.15, -0.1) is 0 Å². The van der Waals surface area contributed by atoms with Gasteiger partial charge >= 0.3 is 0 Å². The number of nitrogens with zero attached hydrogens (tertiary/aromatic N) is 2. The molecule has 0 spiro atoms. The van der Waals surface area contributed by atoms with Gasteiger partial charge in [0.25, 0.3) is 11.8 Å². The molecule has 4 rings (SSSR count). The van der Waals surface area contributed by atoms with E-state index in [9.17, 15) is 14.7 Å². The van der Waals surface area contributed by atoms with E-state index in [-0.39, 0.29) is 36.5 Å². The predicted octanol–water partition coefficient (Wildman–Crippen LogP) is 5.88. The molecule has 0 bridgehead atoms. The van der Waals surface area contributed by atoms with Crippen LogP contribution >= 0.6 is 0 Å². The molecule has 0 unspecified atom stereocenters. The molecule has 0 fully saturated rings. The Morgan fingerprint density at radius 2 is 1.83 bits per heavy atom. The zero-order chi connectivity index (χ0) is 33.1. The molecule has 4 atom stereocenters. The van der Waals surface area contributed by atoms with E-state index in [0.717, 1.165) is 31.6 Å². The summed E-state index contributed by atoms with van der Waals surface area (Å²) in [5.41, 5.74) is 2.52. The monoisotopic (exact) mass is 631 g/mol. The number of carbonyl (C=O) groups is 2. The Labute approximate surface area is 273 Å². The Morgan fingerprint density at radius 3 is 2.52 bits per heavy atom. The second kappa shape index (κ2) is 17.1. The molecular formula is C37H49N3O6. The quantitative estimate of drug-likeness (QED) is 0.305. The van der Waals surface area contributed by atoms with Crippen LogP contribution in [0.5, 0.6) is 11.5 Å². The predicted molar refractivity (Wildman–Crippen MR) is 181 cm³/mol. The number of fused-ring (bicyclic) bond motifs is 1. The van der Waals surface area contributed by atoms with Crippen molar-refractivity contribution in [2.24, 2.45) is 5.92 Å². The molecule has 46 heavy (non-hydrogen) atoms. The molecule has 1 heterocycles. The standard InChI is InChI=1S/C37H49N3O6/c1-26-22-40(27(2)25-41)37(43)33-21-31(38-36(42)30-12-7-6-8-13-30)16-19-34(33)46-28(3)11-9-10-20-45-35(26)24-39(4)23-29-14-17-32(44-5)18-15-29/h6-8,12-19,21,26-28,35,41H,9-11,20,22-25H2,1-5H3,(H,38,42)/t26-,27-,28+,35-/m1/s1. The number of hydrogen-bond donors (Lipinski definition) is 2. The van der Waals surface area contributed by atoms with Crippen LogP contribution in [0.1, 0.15) is 66.3 Å². The molecule has 2 amide bonds. The maximum atomic E-state index is 14.4. The zero-order valence-electron chi connectivity index (χ0n) is 27.8. The second-order valence-electron chi connectivity index (χ2n) is 12.4. The lowest BCUT2D eigenvalue weighted by atomic mass is 10.0. The first-order valence-corrected chi connectivity index (χ1v) is 16.2. The van der Waals surface area contributed by atoms with Gasteiger partial charge in [-0.25, -0.2) is 0 Å².